The van der Waals surface area contributed by atoms with E-state index in [1.54, 1.807) is 6.07 Å². The predicted molar refractivity (Wildman–Crippen MR) is 74.1 cm³/mol. The lowest BCUT2D eigenvalue weighted by Crippen LogP contribution is -2.36. The molecule has 0 radical (unpaired) electrons. The SMILES string of the molecule is CCOc1ccc(C(=O)N[C@H](C)C(C)C)cc1C. The number of hydrogen-bond acceptors (Lipinski definition) is 2. The molecule has 0 fully saturated rings. The van der Waals surface area contributed by atoms with Crippen molar-refractivity contribution in [2.75, 3.05) is 6.61 Å². The largest absolute Gasteiger partial charge is 0.494 e. The van der Waals surface area contributed by atoms with Gasteiger partial charge in [0.2, 0.25) is 0 Å². The summed E-state index contributed by atoms with van der Waals surface area (Å²) in [5.41, 5.74) is 1.67. The first-order chi connectivity index (χ1) is 8.45. The number of amides is 1. The van der Waals surface area contributed by atoms with E-state index in [9.17, 15) is 4.79 Å². The Kier molecular flexibility index (Phi) is 5.20. The zero-order valence-electron chi connectivity index (χ0n) is 11.9. The summed E-state index contributed by atoms with van der Waals surface area (Å²) in [6, 6.07) is 5.70. The Morgan fingerprint density at radius 1 is 1.33 bits per heavy atom. The van der Waals surface area contributed by atoms with Crippen LogP contribution in [0.25, 0.3) is 0 Å². The van der Waals surface area contributed by atoms with Gasteiger partial charge in [-0.05, 0) is 50.5 Å². The van der Waals surface area contributed by atoms with Gasteiger partial charge in [-0.1, -0.05) is 13.8 Å². The van der Waals surface area contributed by atoms with E-state index in [0.717, 1.165) is 11.3 Å². The first-order valence-electron chi connectivity index (χ1n) is 6.50. The van der Waals surface area contributed by atoms with Crippen LogP contribution >= 0.6 is 0 Å². The molecular weight excluding hydrogens is 226 g/mol. The Labute approximate surface area is 110 Å². The molecule has 0 aliphatic carbocycles. The molecule has 0 aromatic heterocycles. The van der Waals surface area contributed by atoms with Gasteiger partial charge in [0, 0.05) is 11.6 Å². The third-order valence-electron chi connectivity index (χ3n) is 3.10. The van der Waals surface area contributed by atoms with Crippen LogP contribution in [0.15, 0.2) is 18.2 Å². The van der Waals surface area contributed by atoms with Crippen molar-refractivity contribution in [2.24, 2.45) is 5.92 Å². The highest BCUT2D eigenvalue weighted by Gasteiger charge is 2.13. The van der Waals surface area contributed by atoms with Crippen LogP contribution in [0, 0.1) is 12.8 Å². The van der Waals surface area contributed by atoms with Crippen LogP contribution in [-0.4, -0.2) is 18.6 Å². The van der Waals surface area contributed by atoms with Crippen molar-refractivity contribution in [3.63, 3.8) is 0 Å². The molecule has 3 nitrogen and oxygen atoms in total. The molecule has 1 atom stereocenters. The van der Waals surface area contributed by atoms with Crippen molar-refractivity contribution in [3.05, 3.63) is 29.3 Å². The molecule has 0 spiro atoms. The van der Waals surface area contributed by atoms with Crippen LogP contribution in [0.1, 0.15) is 43.6 Å². The molecule has 0 aliphatic rings. The fourth-order valence-corrected chi connectivity index (χ4v) is 1.56. The lowest BCUT2D eigenvalue weighted by atomic mass is 10.1. The fourth-order valence-electron chi connectivity index (χ4n) is 1.56. The maximum atomic E-state index is 12.0. The molecule has 1 amide bonds. The zero-order chi connectivity index (χ0) is 13.7. The number of ether oxygens (including phenoxy) is 1. The normalized spacial score (nSPS) is 12.3. The monoisotopic (exact) mass is 249 g/mol. The fraction of sp³-hybridized carbons (Fsp3) is 0.533. The van der Waals surface area contributed by atoms with Crippen LogP contribution in [0.3, 0.4) is 0 Å². The third-order valence-corrected chi connectivity index (χ3v) is 3.10. The lowest BCUT2D eigenvalue weighted by molar-refractivity contribution is 0.0930. The van der Waals surface area contributed by atoms with Gasteiger partial charge < -0.3 is 10.1 Å². The lowest BCUT2D eigenvalue weighted by Gasteiger charge is -2.17. The average molecular weight is 249 g/mol. The minimum atomic E-state index is -0.0256. The first-order valence-corrected chi connectivity index (χ1v) is 6.50. The third kappa shape index (κ3) is 3.76. The summed E-state index contributed by atoms with van der Waals surface area (Å²) in [7, 11) is 0. The highest BCUT2D eigenvalue weighted by atomic mass is 16.5. The van der Waals surface area contributed by atoms with Gasteiger partial charge in [-0.15, -0.1) is 0 Å². The molecule has 1 N–H and O–H groups in total. The van der Waals surface area contributed by atoms with Gasteiger partial charge in [0.05, 0.1) is 6.61 Å². The van der Waals surface area contributed by atoms with Crippen molar-refractivity contribution >= 4 is 5.91 Å². The van der Waals surface area contributed by atoms with E-state index in [-0.39, 0.29) is 11.9 Å². The van der Waals surface area contributed by atoms with E-state index in [1.165, 1.54) is 0 Å². The summed E-state index contributed by atoms with van der Waals surface area (Å²) in [4.78, 5) is 12.0. The molecule has 18 heavy (non-hydrogen) atoms. The number of aryl methyl sites for hydroxylation is 1. The second kappa shape index (κ2) is 6.43. The highest BCUT2D eigenvalue weighted by Crippen LogP contribution is 2.19. The van der Waals surface area contributed by atoms with E-state index in [0.29, 0.717) is 18.1 Å². The summed E-state index contributed by atoms with van der Waals surface area (Å²) in [5, 5.41) is 2.99. The quantitative estimate of drug-likeness (QED) is 0.870. The zero-order valence-corrected chi connectivity index (χ0v) is 11.9. The molecular formula is C15H23NO2. The van der Waals surface area contributed by atoms with Crippen LogP contribution in [0.2, 0.25) is 0 Å². The van der Waals surface area contributed by atoms with Gasteiger partial charge in [-0.2, -0.15) is 0 Å². The maximum absolute atomic E-state index is 12.0. The number of nitrogens with one attached hydrogen (secondary N) is 1. The van der Waals surface area contributed by atoms with Crippen LogP contribution in [-0.2, 0) is 0 Å². The van der Waals surface area contributed by atoms with Crippen LogP contribution in [0.4, 0.5) is 0 Å². The summed E-state index contributed by atoms with van der Waals surface area (Å²) in [6.45, 7) is 10.7. The van der Waals surface area contributed by atoms with Gasteiger partial charge in [0.25, 0.3) is 5.91 Å². The molecule has 0 bridgehead atoms. The predicted octanol–water partition coefficient (Wildman–Crippen LogP) is 3.17. The Hall–Kier alpha value is -1.51. The number of carbonyl (C=O) groups is 1. The number of carbonyl (C=O) groups excluding carboxylic acids is 1. The standard InChI is InChI=1S/C15H23NO2/c1-6-18-14-8-7-13(9-11(14)4)15(17)16-12(5)10(2)3/h7-10,12H,6H2,1-5H3,(H,16,17)/t12-/m1/s1. The Morgan fingerprint density at radius 2 is 2.00 bits per heavy atom. The summed E-state index contributed by atoms with van der Waals surface area (Å²) < 4.78 is 5.46. The minimum absolute atomic E-state index is 0.0256. The Morgan fingerprint density at radius 3 is 2.50 bits per heavy atom. The molecule has 0 heterocycles. The van der Waals surface area contributed by atoms with Gasteiger partial charge in [0.1, 0.15) is 5.75 Å². The van der Waals surface area contributed by atoms with Crippen molar-refractivity contribution in [1.82, 2.24) is 5.32 Å². The minimum Gasteiger partial charge on any atom is -0.494 e. The maximum Gasteiger partial charge on any atom is 0.251 e. The molecule has 0 aliphatic heterocycles. The van der Waals surface area contributed by atoms with Crippen molar-refractivity contribution in [2.45, 2.75) is 40.7 Å². The van der Waals surface area contributed by atoms with E-state index in [2.05, 4.69) is 19.2 Å². The summed E-state index contributed by atoms with van der Waals surface area (Å²) in [5.74, 6) is 1.24. The summed E-state index contributed by atoms with van der Waals surface area (Å²) in [6.07, 6.45) is 0. The van der Waals surface area contributed by atoms with E-state index in [1.807, 2.05) is 32.9 Å². The smallest absolute Gasteiger partial charge is 0.251 e. The Bertz CT molecular complexity index is 413. The topological polar surface area (TPSA) is 38.3 Å². The molecule has 3 heteroatoms. The second-order valence-electron chi connectivity index (χ2n) is 4.92. The Balaban J connectivity index is 2.78. The highest BCUT2D eigenvalue weighted by molar-refractivity contribution is 5.94. The van der Waals surface area contributed by atoms with Crippen molar-refractivity contribution < 1.29 is 9.53 Å². The van der Waals surface area contributed by atoms with Gasteiger partial charge in [0.15, 0.2) is 0 Å². The molecule has 0 saturated carbocycles. The molecule has 1 rings (SSSR count). The molecule has 0 unspecified atom stereocenters. The van der Waals surface area contributed by atoms with Crippen molar-refractivity contribution in [3.8, 4) is 5.75 Å². The van der Waals surface area contributed by atoms with Crippen LogP contribution in [0.5, 0.6) is 5.75 Å². The van der Waals surface area contributed by atoms with Gasteiger partial charge in [-0.3, -0.25) is 4.79 Å². The van der Waals surface area contributed by atoms with Gasteiger partial charge in [-0.25, -0.2) is 0 Å². The molecule has 0 saturated heterocycles. The second-order valence-corrected chi connectivity index (χ2v) is 4.92. The number of hydrogen-bond donors (Lipinski definition) is 1. The van der Waals surface area contributed by atoms with E-state index in [4.69, 9.17) is 4.74 Å². The van der Waals surface area contributed by atoms with E-state index < -0.39 is 0 Å². The first kappa shape index (κ1) is 14.6. The van der Waals surface area contributed by atoms with Gasteiger partial charge >= 0.3 is 0 Å². The molecule has 100 valence electrons. The van der Waals surface area contributed by atoms with Crippen LogP contribution < -0.4 is 10.1 Å². The number of rotatable bonds is 5. The molecule has 1 aromatic rings. The summed E-state index contributed by atoms with van der Waals surface area (Å²) >= 11 is 0. The average Bonchev–Trinajstić information content (AvgIpc) is 2.31. The number of benzene rings is 1. The molecule has 1 aromatic carbocycles. The van der Waals surface area contributed by atoms with Crippen molar-refractivity contribution in [1.29, 1.82) is 0 Å². The van der Waals surface area contributed by atoms with E-state index >= 15 is 0 Å².